The van der Waals surface area contributed by atoms with E-state index in [1.165, 1.54) is 5.56 Å². The van der Waals surface area contributed by atoms with Crippen molar-refractivity contribution in [2.45, 2.75) is 32.3 Å². The van der Waals surface area contributed by atoms with E-state index in [2.05, 4.69) is 29.4 Å². The monoisotopic (exact) mass is 364 g/mol. The fraction of sp³-hybridized carbons (Fsp3) is 0.273. The van der Waals surface area contributed by atoms with Gasteiger partial charge in [-0.3, -0.25) is 4.79 Å². The van der Waals surface area contributed by atoms with Crippen molar-refractivity contribution >= 4 is 22.8 Å². The standard InChI is InChI=1S/C22H24N2O3/c1-3-16(17-9-5-4-6-10-17)14-23-21(25)15(2)27-22(26)20-13-18-11-7-8-12-19(18)24-20/h4-13,15-16,24H,3,14H2,1-2H3,(H,23,25)/t15-,16-/m1/s1. The van der Waals surface area contributed by atoms with Gasteiger partial charge in [0.2, 0.25) is 0 Å². The molecule has 0 spiro atoms. The summed E-state index contributed by atoms with van der Waals surface area (Å²) in [6.07, 6.45) is 0.0465. The lowest BCUT2D eigenvalue weighted by Gasteiger charge is -2.18. The smallest absolute Gasteiger partial charge is 0.355 e. The zero-order chi connectivity index (χ0) is 19.2. The fourth-order valence-electron chi connectivity index (χ4n) is 3.05. The van der Waals surface area contributed by atoms with Gasteiger partial charge in [-0.05, 0) is 31.0 Å². The molecule has 0 bridgehead atoms. The second kappa shape index (κ2) is 8.54. The molecule has 3 aromatic rings. The molecule has 5 heteroatoms. The van der Waals surface area contributed by atoms with Gasteiger partial charge in [-0.15, -0.1) is 0 Å². The second-order valence-electron chi connectivity index (χ2n) is 6.58. The molecule has 0 radical (unpaired) electrons. The summed E-state index contributed by atoms with van der Waals surface area (Å²) in [5.74, 6) is -0.607. The fourth-order valence-corrected chi connectivity index (χ4v) is 3.05. The number of hydrogen-bond acceptors (Lipinski definition) is 3. The molecule has 140 valence electrons. The summed E-state index contributed by atoms with van der Waals surface area (Å²) in [6.45, 7) is 4.18. The predicted octanol–water partition coefficient (Wildman–Crippen LogP) is 4.02. The number of hydrogen-bond donors (Lipinski definition) is 2. The van der Waals surface area contributed by atoms with Crippen LogP contribution < -0.4 is 5.32 Å². The molecule has 0 fully saturated rings. The van der Waals surface area contributed by atoms with Crippen LogP contribution in [0.25, 0.3) is 10.9 Å². The number of amides is 1. The molecule has 2 aromatic carbocycles. The number of aromatic amines is 1. The number of aromatic nitrogens is 1. The van der Waals surface area contributed by atoms with Crippen LogP contribution in [0.3, 0.4) is 0 Å². The summed E-state index contributed by atoms with van der Waals surface area (Å²) in [6, 6.07) is 19.4. The number of benzene rings is 2. The number of ether oxygens (including phenoxy) is 1. The second-order valence-corrected chi connectivity index (χ2v) is 6.58. The van der Waals surface area contributed by atoms with Crippen LogP contribution in [-0.2, 0) is 9.53 Å². The SMILES string of the molecule is CC[C@H](CNC(=O)[C@@H](C)OC(=O)c1cc2ccccc2[nH]1)c1ccccc1. The first-order valence-corrected chi connectivity index (χ1v) is 9.20. The maximum atomic E-state index is 12.3. The van der Waals surface area contributed by atoms with Gasteiger partial charge in [-0.1, -0.05) is 55.5 Å². The molecular weight excluding hydrogens is 340 g/mol. The molecule has 2 N–H and O–H groups in total. The third kappa shape index (κ3) is 4.56. The molecule has 3 rings (SSSR count). The van der Waals surface area contributed by atoms with Crippen molar-refractivity contribution in [3.8, 4) is 0 Å². The average molecular weight is 364 g/mol. The average Bonchev–Trinajstić information content (AvgIpc) is 3.13. The zero-order valence-electron chi connectivity index (χ0n) is 15.6. The highest BCUT2D eigenvalue weighted by atomic mass is 16.5. The number of nitrogens with one attached hydrogen (secondary N) is 2. The largest absolute Gasteiger partial charge is 0.448 e. The van der Waals surface area contributed by atoms with Crippen molar-refractivity contribution in [3.63, 3.8) is 0 Å². The molecule has 0 aliphatic heterocycles. The molecule has 0 aliphatic rings. The molecule has 0 unspecified atom stereocenters. The van der Waals surface area contributed by atoms with Crippen molar-refractivity contribution in [1.29, 1.82) is 0 Å². The Hall–Kier alpha value is -3.08. The summed E-state index contributed by atoms with van der Waals surface area (Å²) in [5, 5.41) is 3.82. The molecule has 27 heavy (non-hydrogen) atoms. The number of carbonyl (C=O) groups excluding carboxylic acids is 2. The maximum absolute atomic E-state index is 12.3. The number of fused-ring (bicyclic) bond motifs is 1. The number of H-pyrrole nitrogens is 1. The Morgan fingerprint density at radius 1 is 1.07 bits per heavy atom. The minimum Gasteiger partial charge on any atom is -0.448 e. The molecular formula is C22H24N2O3. The lowest BCUT2D eigenvalue weighted by Crippen LogP contribution is -2.38. The summed E-state index contributed by atoms with van der Waals surface area (Å²) in [4.78, 5) is 27.7. The van der Waals surface area contributed by atoms with E-state index in [4.69, 9.17) is 4.74 Å². The summed E-state index contributed by atoms with van der Waals surface area (Å²) >= 11 is 0. The first-order valence-electron chi connectivity index (χ1n) is 9.20. The van der Waals surface area contributed by atoms with Gasteiger partial charge in [-0.25, -0.2) is 4.79 Å². The Morgan fingerprint density at radius 3 is 2.48 bits per heavy atom. The van der Waals surface area contributed by atoms with E-state index in [0.717, 1.165) is 17.3 Å². The van der Waals surface area contributed by atoms with E-state index in [1.807, 2.05) is 42.5 Å². The summed E-state index contributed by atoms with van der Waals surface area (Å²) in [5.41, 5.74) is 2.38. The van der Waals surface area contributed by atoms with Crippen molar-refractivity contribution in [2.24, 2.45) is 0 Å². The van der Waals surface area contributed by atoms with Crippen molar-refractivity contribution in [1.82, 2.24) is 10.3 Å². The third-order valence-corrected chi connectivity index (χ3v) is 4.69. The van der Waals surface area contributed by atoms with Crippen LogP contribution in [0.1, 0.15) is 42.2 Å². The van der Waals surface area contributed by atoms with Crippen LogP contribution >= 0.6 is 0 Å². The molecule has 0 saturated heterocycles. The molecule has 1 heterocycles. The molecule has 0 saturated carbocycles. The Kier molecular flexibility index (Phi) is 5.91. The van der Waals surface area contributed by atoms with Gasteiger partial charge < -0.3 is 15.0 Å². The van der Waals surface area contributed by atoms with Gasteiger partial charge in [0.1, 0.15) is 5.69 Å². The van der Waals surface area contributed by atoms with Crippen LogP contribution in [0, 0.1) is 0 Å². The topological polar surface area (TPSA) is 71.2 Å². The number of carbonyl (C=O) groups is 2. The molecule has 1 aromatic heterocycles. The van der Waals surface area contributed by atoms with Crippen molar-refractivity contribution in [3.05, 3.63) is 71.9 Å². The molecule has 1 amide bonds. The first kappa shape index (κ1) is 18.7. The molecule has 0 aliphatic carbocycles. The number of esters is 1. The van der Waals surface area contributed by atoms with Crippen LogP contribution in [0.15, 0.2) is 60.7 Å². The number of rotatable bonds is 7. The lowest BCUT2D eigenvalue weighted by atomic mass is 9.96. The highest BCUT2D eigenvalue weighted by Gasteiger charge is 2.21. The highest BCUT2D eigenvalue weighted by Crippen LogP contribution is 2.18. The van der Waals surface area contributed by atoms with E-state index in [1.54, 1.807) is 13.0 Å². The predicted molar refractivity (Wildman–Crippen MR) is 106 cm³/mol. The summed E-state index contributed by atoms with van der Waals surface area (Å²) in [7, 11) is 0. The van der Waals surface area contributed by atoms with E-state index in [0.29, 0.717) is 12.2 Å². The van der Waals surface area contributed by atoms with Crippen LogP contribution in [0.2, 0.25) is 0 Å². The van der Waals surface area contributed by atoms with Crippen LogP contribution in [-0.4, -0.2) is 29.5 Å². The Labute approximate surface area is 158 Å². The van der Waals surface area contributed by atoms with E-state index >= 15 is 0 Å². The zero-order valence-corrected chi connectivity index (χ0v) is 15.6. The van der Waals surface area contributed by atoms with Crippen molar-refractivity contribution < 1.29 is 14.3 Å². The van der Waals surface area contributed by atoms with Gasteiger partial charge in [0.05, 0.1) is 0 Å². The van der Waals surface area contributed by atoms with E-state index in [9.17, 15) is 9.59 Å². The minimum absolute atomic E-state index is 0.228. The van der Waals surface area contributed by atoms with Crippen LogP contribution in [0.4, 0.5) is 0 Å². The van der Waals surface area contributed by atoms with Crippen LogP contribution in [0.5, 0.6) is 0 Å². The van der Waals surface area contributed by atoms with E-state index < -0.39 is 12.1 Å². The Morgan fingerprint density at radius 2 is 1.78 bits per heavy atom. The molecule has 5 nitrogen and oxygen atoms in total. The minimum atomic E-state index is -0.864. The highest BCUT2D eigenvalue weighted by molar-refractivity contribution is 5.96. The lowest BCUT2D eigenvalue weighted by molar-refractivity contribution is -0.129. The number of para-hydroxylation sites is 1. The summed E-state index contributed by atoms with van der Waals surface area (Å²) < 4.78 is 5.32. The van der Waals surface area contributed by atoms with Gasteiger partial charge in [0, 0.05) is 23.4 Å². The molecule has 2 atom stereocenters. The van der Waals surface area contributed by atoms with Gasteiger partial charge in [-0.2, -0.15) is 0 Å². The quantitative estimate of drug-likeness (QED) is 0.622. The normalized spacial score (nSPS) is 13.1. The van der Waals surface area contributed by atoms with E-state index in [-0.39, 0.29) is 11.8 Å². The third-order valence-electron chi connectivity index (χ3n) is 4.69. The Balaban J connectivity index is 1.56. The van der Waals surface area contributed by atoms with Gasteiger partial charge in [0.25, 0.3) is 5.91 Å². The van der Waals surface area contributed by atoms with Gasteiger partial charge in [0.15, 0.2) is 6.10 Å². The van der Waals surface area contributed by atoms with Gasteiger partial charge >= 0.3 is 5.97 Å². The van der Waals surface area contributed by atoms with Crippen molar-refractivity contribution in [2.75, 3.05) is 6.54 Å². The maximum Gasteiger partial charge on any atom is 0.355 e. The Bertz CT molecular complexity index is 884. The first-order chi connectivity index (χ1) is 13.1.